The molecular weight excluding hydrogens is 292 g/mol. The van der Waals surface area contributed by atoms with Crippen molar-refractivity contribution in [3.63, 3.8) is 0 Å². The van der Waals surface area contributed by atoms with Gasteiger partial charge < -0.3 is 10.1 Å². The fourth-order valence-corrected chi connectivity index (χ4v) is 1.96. The van der Waals surface area contributed by atoms with Crippen molar-refractivity contribution < 1.29 is 9.53 Å². The van der Waals surface area contributed by atoms with Gasteiger partial charge in [0.15, 0.2) is 0 Å². The standard InChI is InChI=1S/C17H14N4O2/c1-12-4-2-7-15(20-12)17(22)21-13-5-3-6-14(10-13)23-16-11-18-8-9-19-16/h2-11H,1H3,(H,21,22). The van der Waals surface area contributed by atoms with Crippen molar-refractivity contribution in [1.29, 1.82) is 0 Å². The van der Waals surface area contributed by atoms with Gasteiger partial charge in [0.05, 0.1) is 6.20 Å². The van der Waals surface area contributed by atoms with E-state index in [9.17, 15) is 4.79 Å². The number of aryl methyl sites for hydroxylation is 1. The third kappa shape index (κ3) is 3.88. The summed E-state index contributed by atoms with van der Waals surface area (Å²) in [4.78, 5) is 24.4. The molecule has 2 heterocycles. The molecule has 0 aliphatic heterocycles. The molecule has 3 rings (SSSR count). The maximum absolute atomic E-state index is 12.2. The van der Waals surface area contributed by atoms with E-state index in [1.165, 1.54) is 6.20 Å². The zero-order valence-corrected chi connectivity index (χ0v) is 12.4. The Hall–Kier alpha value is -3.28. The highest BCUT2D eigenvalue weighted by molar-refractivity contribution is 6.02. The predicted octanol–water partition coefficient (Wildman–Crippen LogP) is 3.22. The van der Waals surface area contributed by atoms with Crippen molar-refractivity contribution in [3.8, 4) is 11.6 Å². The summed E-state index contributed by atoms with van der Waals surface area (Å²) in [5.41, 5.74) is 1.77. The third-order valence-corrected chi connectivity index (χ3v) is 2.97. The van der Waals surface area contributed by atoms with Crippen LogP contribution in [0.2, 0.25) is 0 Å². The minimum Gasteiger partial charge on any atom is -0.437 e. The van der Waals surface area contributed by atoms with Gasteiger partial charge in [-0.3, -0.25) is 9.78 Å². The first-order valence-corrected chi connectivity index (χ1v) is 7.00. The predicted molar refractivity (Wildman–Crippen MR) is 85.5 cm³/mol. The van der Waals surface area contributed by atoms with Crippen molar-refractivity contribution >= 4 is 11.6 Å². The Balaban J connectivity index is 1.74. The molecule has 3 aromatic rings. The third-order valence-electron chi connectivity index (χ3n) is 2.97. The van der Waals surface area contributed by atoms with Crippen LogP contribution in [0.5, 0.6) is 11.6 Å². The number of hydrogen-bond acceptors (Lipinski definition) is 5. The van der Waals surface area contributed by atoms with Crippen molar-refractivity contribution in [2.45, 2.75) is 6.92 Å². The van der Waals surface area contributed by atoms with Crippen molar-refractivity contribution in [1.82, 2.24) is 15.0 Å². The molecular formula is C17H14N4O2. The van der Waals surface area contributed by atoms with Gasteiger partial charge in [-0.1, -0.05) is 12.1 Å². The Bertz CT molecular complexity index is 822. The molecule has 0 atom stereocenters. The average molecular weight is 306 g/mol. The van der Waals surface area contributed by atoms with E-state index in [1.54, 1.807) is 48.8 Å². The summed E-state index contributed by atoms with van der Waals surface area (Å²) in [6.45, 7) is 1.84. The van der Waals surface area contributed by atoms with E-state index in [2.05, 4.69) is 20.3 Å². The van der Waals surface area contributed by atoms with Crippen LogP contribution in [-0.2, 0) is 0 Å². The van der Waals surface area contributed by atoms with Gasteiger partial charge in [-0.15, -0.1) is 0 Å². The van der Waals surface area contributed by atoms with Crippen LogP contribution in [-0.4, -0.2) is 20.9 Å². The Kier molecular flexibility index (Phi) is 4.24. The van der Waals surface area contributed by atoms with Gasteiger partial charge in [-0.05, 0) is 31.2 Å². The number of rotatable bonds is 4. The molecule has 2 aromatic heterocycles. The number of carbonyl (C=O) groups excluding carboxylic acids is 1. The largest absolute Gasteiger partial charge is 0.437 e. The minimum atomic E-state index is -0.273. The molecule has 0 unspecified atom stereocenters. The average Bonchev–Trinajstić information content (AvgIpc) is 2.56. The lowest BCUT2D eigenvalue weighted by atomic mass is 10.2. The maximum Gasteiger partial charge on any atom is 0.274 e. The summed E-state index contributed by atoms with van der Waals surface area (Å²) in [5, 5.41) is 2.79. The van der Waals surface area contributed by atoms with Crippen LogP contribution in [0.4, 0.5) is 5.69 Å². The second kappa shape index (κ2) is 6.65. The molecule has 0 aliphatic carbocycles. The molecule has 0 bridgehead atoms. The Morgan fingerprint density at radius 1 is 1.13 bits per heavy atom. The molecule has 1 amide bonds. The summed E-state index contributed by atoms with van der Waals surface area (Å²) in [6, 6.07) is 12.3. The number of nitrogens with zero attached hydrogens (tertiary/aromatic N) is 3. The summed E-state index contributed by atoms with van der Waals surface area (Å²) < 4.78 is 5.58. The van der Waals surface area contributed by atoms with Crippen LogP contribution in [0.25, 0.3) is 0 Å². The molecule has 0 spiro atoms. The molecule has 1 N–H and O–H groups in total. The van der Waals surface area contributed by atoms with E-state index in [0.29, 0.717) is 23.0 Å². The Morgan fingerprint density at radius 2 is 2.00 bits per heavy atom. The van der Waals surface area contributed by atoms with Crippen LogP contribution < -0.4 is 10.1 Å². The SMILES string of the molecule is Cc1cccc(C(=O)Nc2cccc(Oc3cnccn3)c2)n1. The number of hydrogen-bond donors (Lipinski definition) is 1. The van der Waals surface area contributed by atoms with Gasteiger partial charge in [0.25, 0.3) is 5.91 Å². The molecule has 6 heteroatoms. The van der Waals surface area contributed by atoms with Gasteiger partial charge >= 0.3 is 0 Å². The van der Waals surface area contributed by atoms with Gasteiger partial charge in [0, 0.05) is 29.8 Å². The lowest BCUT2D eigenvalue weighted by molar-refractivity contribution is 0.102. The second-order valence-electron chi connectivity index (χ2n) is 4.79. The number of amides is 1. The van der Waals surface area contributed by atoms with Gasteiger partial charge in [-0.25, -0.2) is 9.97 Å². The zero-order valence-electron chi connectivity index (χ0n) is 12.4. The number of ether oxygens (including phenoxy) is 1. The number of carbonyl (C=O) groups is 1. The summed E-state index contributed by atoms with van der Waals surface area (Å²) in [7, 11) is 0. The first-order chi connectivity index (χ1) is 11.2. The van der Waals surface area contributed by atoms with E-state index < -0.39 is 0 Å². The maximum atomic E-state index is 12.2. The van der Waals surface area contributed by atoms with Crippen molar-refractivity contribution in [2.24, 2.45) is 0 Å². The van der Waals surface area contributed by atoms with E-state index in [-0.39, 0.29) is 5.91 Å². The van der Waals surface area contributed by atoms with E-state index in [4.69, 9.17) is 4.74 Å². The molecule has 0 aliphatic rings. The summed E-state index contributed by atoms with van der Waals surface area (Å²) in [6.07, 6.45) is 4.63. The minimum absolute atomic E-state index is 0.273. The van der Waals surface area contributed by atoms with E-state index in [1.807, 2.05) is 13.0 Å². The highest BCUT2D eigenvalue weighted by Crippen LogP contribution is 2.22. The zero-order chi connectivity index (χ0) is 16.1. The fraction of sp³-hybridized carbons (Fsp3) is 0.0588. The van der Waals surface area contributed by atoms with Gasteiger partial charge in [-0.2, -0.15) is 0 Å². The normalized spacial score (nSPS) is 10.1. The lowest BCUT2D eigenvalue weighted by Gasteiger charge is -2.08. The molecule has 114 valence electrons. The fourth-order valence-electron chi connectivity index (χ4n) is 1.96. The molecule has 0 saturated heterocycles. The molecule has 0 saturated carbocycles. The number of benzene rings is 1. The monoisotopic (exact) mass is 306 g/mol. The number of pyridine rings is 1. The second-order valence-corrected chi connectivity index (χ2v) is 4.79. The number of nitrogens with one attached hydrogen (secondary N) is 1. The van der Waals surface area contributed by atoms with Gasteiger partial charge in [0.2, 0.25) is 5.88 Å². The first kappa shape index (κ1) is 14.6. The Labute approximate surface area is 133 Å². The quantitative estimate of drug-likeness (QED) is 0.800. The highest BCUT2D eigenvalue weighted by Gasteiger charge is 2.08. The summed E-state index contributed by atoms with van der Waals surface area (Å²) in [5.74, 6) is 0.669. The number of anilines is 1. The van der Waals surface area contributed by atoms with Gasteiger partial charge in [0.1, 0.15) is 11.4 Å². The number of aromatic nitrogens is 3. The molecule has 0 fully saturated rings. The Morgan fingerprint density at radius 3 is 2.78 bits per heavy atom. The smallest absolute Gasteiger partial charge is 0.274 e. The molecule has 0 radical (unpaired) electrons. The topological polar surface area (TPSA) is 77.0 Å². The lowest BCUT2D eigenvalue weighted by Crippen LogP contribution is -2.13. The van der Waals surface area contributed by atoms with Crippen molar-refractivity contribution in [3.05, 3.63) is 72.4 Å². The van der Waals surface area contributed by atoms with Crippen molar-refractivity contribution in [2.75, 3.05) is 5.32 Å². The molecule has 6 nitrogen and oxygen atoms in total. The molecule has 1 aromatic carbocycles. The van der Waals surface area contributed by atoms with Crippen LogP contribution in [0.3, 0.4) is 0 Å². The first-order valence-electron chi connectivity index (χ1n) is 7.00. The van der Waals surface area contributed by atoms with E-state index in [0.717, 1.165) is 5.69 Å². The van der Waals surface area contributed by atoms with E-state index >= 15 is 0 Å². The van der Waals surface area contributed by atoms with Crippen LogP contribution in [0.1, 0.15) is 16.2 Å². The van der Waals surface area contributed by atoms with Crippen LogP contribution in [0.15, 0.2) is 61.1 Å². The summed E-state index contributed by atoms with van der Waals surface area (Å²) >= 11 is 0. The van der Waals surface area contributed by atoms with Crippen LogP contribution in [0, 0.1) is 6.92 Å². The molecule has 23 heavy (non-hydrogen) atoms. The highest BCUT2D eigenvalue weighted by atomic mass is 16.5. The van der Waals surface area contributed by atoms with Crippen LogP contribution >= 0.6 is 0 Å².